The maximum atomic E-state index is 12.0. The minimum absolute atomic E-state index is 0.323. The van der Waals surface area contributed by atoms with Gasteiger partial charge in [-0.05, 0) is 50.1 Å². The van der Waals surface area contributed by atoms with Crippen LogP contribution >= 0.6 is 0 Å². The number of fused-ring (bicyclic) bond motifs is 1. The lowest BCUT2D eigenvalue weighted by atomic mass is 9.99. The van der Waals surface area contributed by atoms with Crippen LogP contribution in [0.5, 0.6) is 0 Å². The number of rotatable bonds is 4. The van der Waals surface area contributed by atoms with E-state index < -0.39 is 17.7 Å². The summed E-state index contributed by atoms with van der Waals surface area (Å²) >= 11 is 0. The zero-order valence-corrected chi connectivity index (χ0v) is 16.3. The summed E-state index contributed by atoms with van der Waals surface area (Å²) in [6.45, 7) is 5.77. The minimum Gasteiger partial charge on any atom is -0.465 e. The van der Waals surface area contributed by atoms with Gasteiger partial charge in [0.2, 0.25) is 0 Å². The Bertz CT molecular complexity index is 1020. The number of carbonyl (C=O) groups excluding carboxylic acids is 2. The molecule has 0 aliphatic rings. The molecule has 0 radical (unpaired) electrons. The van der Waals surface area contributed by atoms with E-state index in [-0.39, 0.29) is 0 Å². The van der Waals surface area contributed by atoms with Crippen molar-refractivity contribution in [2.75, 3.05) is 7.11 Å². The van der Waals surface area contributed by atoms with Gasteiger partial charge in [0.25, 0.3) is 0 Å². The first kappa shape index (κ1) is 19.4. The monoisotopic (exact) mass is 381 g/mol. The van der Waals surface area contributed by atoms with Crippen molar-refractivity contribution in [1.29, 1.82) is 0 Å². The number of H-pyrrole nitrogens is 1. The zero-order valence-electron chi connectivity index (χ0n) is 16.3. The molecule has 0 saturated heterocycles. The topological polar surface area (TPSA) is 93.3 Å². The van der Waals surface area contributed by atoms with E-state index >= 15 is 0 Å². The lowest BCUT2D eigenvalue weighted by Crippen LogP contribution is -2.32. The number of ether oxygens (including phenoxy) is 2. The Morgan fingerprint density at radius 2 is 1.96 bits per heavy atom. The van der Waals surface area contributed by atoms with Gasteiger partial charge in [-0.15, -0.1) is 0 Å². The maximum absolute atomic E-state index is 12.0. The van der Waals surface area contributed by atoms with Crippen LogP contribution in [0.3, 0.4) is 0 Å². The second kappa shape index (κ2) is 7.72. The maximum Gasteiger partial charge on any atom is 0.407 e. The smallest absolute Gasteiger partial charge is 0.407 e. The number of methoxy groups -OCH3 is 1. The number of nitrogens with zero attached hydrogens (tertiary/aromatic N) is 1. The van der Waals surface area contributed by atoms with E-state index in [1.54, 1.807) is 18.5 Å². The van der Waals surface area contributed by atoms with E-state index in [1.165, 1.54) is 7.11 Å². The van der Waals surface area contributed by atoms with Crippen LogP contribution in [-0.2, 0) is 16.0 Å². The van der Waals surface area contributed by atoms with Crippen LogP contribution in [-0.4, -0.2) is 34.7 Å². The van der Waals surface area contributed by atoms with E-state index in [9.17, 15) is 9.59 Å². The first-order chi connectivity index (χ1) is 13.3. The number of imidazole rings is 1. The van der Waals surface area contributed by atoms with Crippen molar-refractivity contribution >= 4 is 23.1 Å². The van der Waals surface area contributed by atoms with Crippen LogP contribution in [0.25, 0.3) is 22.2 Å². The molecule has 1 aromatic heterocycles. The standard InChI is InChI=1S/C21H23N3O4/c1-21(2,3)28-20(26)22-11-13-6-5-7-14(8-13)16-9-15(19(25)27-4)10-17-18(16)24-12-23-17/h5-10,12H,11H2,1-4H3,(H,22,26)(H,23,24). The molecule has 3 aromatic rings. The lowest BCUT2D eigenvalue weighted by molar-refractivity contribution is 0.0522. The Morgan fingerprint density at radius 3 is 2.68 bits per heavy atom. The van der Waals surface area contributed by atoms with Crippen LogP contribution in [0.2, 0.25) is 0 Å². The summed E-state index contributed by atoms with van der Waals surface area (Å²) in [5.74, 6) is -0.416. The number of nitrogens with one attached hydrogen (secondary N) is 2. The van der Waals surface area contributed by atoms with E-state index in [2.05, 4.69) is 15.3 Å². The molecule has 0 fully saturated rings. The second-order valence-electron chi connectivity index (χ2n) is 7.37. The number of hydrogen-bond donors (Lipinski definition) is 2. The summed E-state index contributed by atoms with van der Waals surface area (Å²) in [7, 11) is 1.35. The highest BCUT2D eigenvalue weighted by Crippen LogP contribution is 2.29. The molecule has 0 aliphatic carbocycles. The molecule has 1 amide bonds. The first-order valence-corrected chi connectivity index (χ1v) is 8.88. The molecule has 0 unspecified atom stereocenters. The number of benzene rings is 2. The molecule has 0 spiro atoms. The Kier molecular flexibility index (Phi) is 5.35. The molecular weight excluding hydrogens is 358 g/mol. The van der Waals surface area contributed by atoms with Gasteiger partial charge in [0.05, 0.1) is 30.0 Å². The van der Waals surface area contributed by atoms with Gasteiger partial charge in [0.1, 0.15) is 5.60 Å². The van der Waals surface area contributed by atoms with E-state index in [4.69, 9.17) is 9.47 Å². The minimum atomic E-state index is -0.550. The molecular formula is C21H23N3O4. The number of aromatic amines is 1. The van der Waals surface area contributed by atoms with Gasteiger partial charge in [-0.1, -0.05) is 18.2 Å². The van der Waals surface area contributed by atoms with Gasteiger partial charge < -0.3 is 19.8 Å². The Labute approximate surface area is 163 Å². The van der Waals surface area contributed by atoms with Crippen molar-refractivity contribution in [3.8, 4) is 11.1 Å². The highest BCUT2D eigenvalue weighted by molar-refractivity contribution is 6.00. The third-order valence-electron chi connectivity index (χ3n) is 4.02. The number of aromatic nitrogens is 2. The van der Waals surface area contributed by atoms with E-state index in [0.29, 0.717) is 12.1 Å². The highest BCUT2D eigenvalue weighted by Gasteiger charge is 2.16. The summed E-state index contributed by atoms with van der Waals surface area (Å²) in [5, 5.41) is 2.75. The molecule has 7 nitrogen and oxygen atoms in total. The van der Waals surface area contributed by atoms with Crippen LogP contribution in [0.15, 0.2) is 42.7 Å². The fourth-order valence-corrected chi connectivity index (χ4v) is 2.84. The predicted octanol–water partition coefficient (Wildman–Crippen LogP) is 4.04. The van der Waals surface area contributed by atoms with Crippen LogP contribution in [0.1, 0.15) is 36.7 Å². The number of amides is 1. The quantitative estimate of drug-likeness (QED) is 0.665. The van der Waals surface area contributed by atoms with E-state index in [0.717, 1.165) is 27.7 Å². The van der Waals surface area contributed by atoms with Crippen molar-refractivity contribution in [2.24, 2.45) is 0 Å². The molecule has 2 aromatic carbocycles. The highest BCUT2D eigenvalue weighted by atomic mass is 16.6. The molecule has 0 bridgehead atoms. The van der Waals surface area contributed by atoms with Gasteiger partial charge in [0, 0.05) is 12.1 Å². The molecule has 0 aliphatic heterocycles. The molecule has 7 heteroatoms. The van der Waals surface area contributed by atoms with Crippen molar-refractivity contribution in [2.45, 2.75) is 32.9 Å². The summed E-state index contributed by atoms with van der Waals surface area (Å²) in [5.41, 5.74) is 3.97. The van der Waals surface area contributed by atoms with Crippen LogP contribution in [0.4, 0.5) is 4.79 Å². The van der Waals surface area contributed by atoms with Gasteiger partial charge >= 0.3 is 12.1 Å². The summed E-state index contributed by atoms with van der Waals surface area (Å²) < 4.78 is 10.1. The molecule has 3 rings (SSSR count). The zero-order chi connectivity index (χ0) is 20.3. The average molecular weight is 381 g/mol. The summed E-state index contributed by atoms with van der Waals surface area (Å²) in [6.07, 6.45) is 1.11. The van der Waals surface area contributed by atoms with Gasteiger partial charge in [-0.25, -0.2) is 14.6 Å². The number of esters is 1. The normalized spacial score (nSPS) is 11.3. The molecule has 146 valence electrons. The number of alkyl carbamates (subject to hydrolysis) is 1. The summed E-state index contributed by atoms with van der Waals surface area (Å²) in [6, 6.07) is 11.2. The Hall–Kier alpha value is -3.35. The van der Waals surface area contributed by atoms with Gasteiger partial charge in [-0.3, -0.25) is 0 Å². The third kappa shape index (κ3) is 4.49. The Morgan fingerprint density at radius 1 is 1.18 bits per heavy atom. The average Bonchev–Trinajstić information content (AvgIpc) is 3.12. The van der Waals surface area contributed by atoms with Crippen molar-refractivity contribution in [3.63, 3.8) is 0 Å². The number of carbonyl (C=O) groups is 2. The van der Waals surface area contributed by atoms with Gasteiger partial charge in [-0.2, -0.15) is 0 Å². The molecule has 2 N–H and O–H groups in total. The van der Waals surface area contributed by atoms with Crippen LogP contribution in [0, 0.1) is 0 Å². The largest absolute Gasteiger partial charge is 0.465 e. The third-order valence-corrected chi connectivity index (χ3v) is 4.02. The lowest BCUT2D eigenvalue weighted by Gasteiger charge is -2.19. The predicted molar refractivity (Wildman–Crippen MR) is 106 cm³/mol. The SMILES string of the molecule is COC(=O)c1cc(-c2cccc(CNC(=O)OC(C)(C)C)c2)c2nc[nH]c2c1. The molecule has 0 atom stereocenters. The van der Waals surface area contributed by atoms with Crippen LogP contribution < -0.4 is 5.32 Å². The molecule has 28 heavy (non-hydrogen) atoms. The number of hydrogen-bond acceptors (Lipinski definition) is 5. The van der Waals surface area contributed by atoms with Crippen molar-refractivity contribution in [3.05, 3.63) is 53.9 Å². The Balaban J connectivity index is 1.89. The van der Waals surface area contributed by atoms with E-state index in [1.807, 2.05) is 45.0 Å². The van der Waals surface area contributed by atoms with Gasteiger partial charge in [0.15, 0.2) is 0 Å². The summed E-state index contributed by atoms with van der Waals surface area (Å²) in [4.78, 5) is 31.3. The first-order valence-electron chi connectivity index (χ1n) is 8.88. The van der Waals surface area contributed by atoms with Crippen molar-refractivity contribution in [1.82, 2.24) is 15.3 Å². The van der Waals surface area contributed by atoms with Crippen molar-refractivity contribution < 1.29 is 19.1 Å². The second-order valence-corrected chi connectivity index (χ2v) is 7.37. The molecule has 1 heterocycles. The fraction of sp³-hybridized carbons (Fsp3) is 0.286. The molecule has 0 saturated carbocycles. The fourth-order valence-electron chi connectivity index (χ4n) is 2.84.